The Morgan fingerprint density at radius 2 is 1.43 bits per heavy atom. The van der Waals surface area contributed by atoms with Crippen molar-refractivity contribution < 1.29 is 34.2 Å². The van der Waals surface area contributed by atoms with Crippen molar-refractivity contribution in [3.8, 4) is 0 Å². The third-order valence-corrected chi connectivity index (χ3v) is 4.74. The van der Waals surface area contributed by atoms with Gasteiger partial charge in [-0.3, -0.25) is 19.2 Å². The highest BCUT2D eigenvalue weighted by Crippen LogP contribution is 2.04. The molecule has 4 unspecified atom stereocenters. The van der Waals surface area contributed by atoms with Gasteiger partial charge in [0.15, 0.2) is 0 Å². The molecule has 12 nitrogen and oxygen atoms in total. The number of carbonyl (C=O) groups is 5. The van der Waals surface area contributed by atoms with E-state index in [-0.39, 0.29) is 12.3 Å². The molecule has 0 radical (unpaired) electrons. The molecule has 0 saturated heterocycles. The number of aliphatic hydroxyl groups excluding tert-OH is 1. The van der Waals surface area contributed by atoms with Crippen LogP contribution in [0.3, 0.4) is 0 Å². The summed E-state index contributed by atoms with van der Waals surface area (Å²) < 4.78 is 0. The fourth-order valence-corrected chi connectivity index (χ4v) is 2.69. The first-order valence-electron chi connectivity index (χ1n) is 9.22. The summed E-state index contributed by atoms with van der Waals surface area (Å²) in [5, 5.41) is 25.4. The van der Waals surface area contributed by atoms with Crippen molar-refractivity contribution in [3.63, 3.8) is 0 Å². The van der Waals surface area contributed by atoms with Crippen LogP contribution < -0.4 is 27.4 Å². The zero-order chi connectivity index (χ0) is 23.4. The van der Waals surface area contributed by atoms with Crippen molar-refractivity contribution in [3.05, 3.63) is 0 Å². The van der Waals surface area contributed by atoms with E-state index in [9.17, 15) is 29.1 Å². The van der Waals surface area contributed by atoms with Crippen LogP contribution in [0.25, 0.3) is 0 Å². The van der Waals surface area contributed by atoms with E-state index in [1.165, 1.54) is 11.8 Å². The molecule has 0 aromatic heterocycles. The molecule has 13 heteroatoms. The second-order valence-electron chi connectivity index (χ2n) is 6.93. The zero-order valence-electron chi connectivity index (χ0n) is 17.2. The first-order chi connectivity index (χ1) is 13.9. The summed E-state index contributed by atoms with van der Waals surface area (Å²) in [6, 6.07) is -4.97. The number of aliphatic carboxylic acids is 1. The van der Waals surface area contributed by atoms with Crippen LogP contribution in [0.1, 0.15) is 26.7 Å². The fourth-order valence-electron chi connectivity index (χ4n) is 2.22. The highest BCUT2D eigenvalue weighted by atomic mass is 32.2. The monoisotopic (exact) mass is 449 g/mol. The van der Waals surface area contributed by atoms with E-state index in [2.05, 4.69) is 16.0 Å². The minimum absolute atomic E-state index is 0.138. The van der Waals surface area contributed by atoms with Crippen LogP contribution >= 0.6 is 11.8 Å². The maximum absolute atomic E-state index is 12.5. The molecule has 0 spiro atoms. The maximum atomic E-state index is 12.5. The van der Waals surface area contributed by atoms with E-state index < -0.39 is 66.8 Å². The Hall–Kier alpha value is -2.38. The van der Waals surface area contributed by atoms with Gasteiger partial charge in [0.25, 0.3) is 0 Å². The summed E-state index contributed by atoms with van der Waals surface area (Å²) in [5.74, 6) is -4.46. The van der Waals surface area contributed by atoms with Gasteiger partial charge in [-0.15, -0.1) is 0 Å². The lowest BCUT2D eigenvalue weighted by molar-refractivity contribution is -0.143. The number of amides is 4. The molecule has 0 aliphatic rings. The summed E-state index contributed by atoms with van der Waals surface area (Å²) in [6.07, 6.45) is 1.29. The van der Waals surface area contributed by atoms with Gasteiger partial charge in [0.2, 0.25) is 23.6 Å². The van der Waals surface area contributed by atoms with Gasteiger partial charge in [0.1, 0.15) is 18.1 Å². The van der Waals surface area contributed by atoms with Crippen molar-refractivity contribution in [2.45, 2.75) is 50.9 Å². The second kappa shape index (κ2) is 13.8. The van der Waals surface area contributed by atoms with Crippen LogP contribution in [0, 0.1) is 5.92 Å². The maximum Gasteiger partial charge on any atom is 0.326 e. The summed E-state index contributed by atoms with van der Waals surface area (Å²) in [6.45, 7) is 2.69. The van der Waals surface area contributed by atoms with Crippen LogP contribution in [0.2, 0.25) is 0 Å². The number of primary amides is 1. The highest BCUT2D eigenvalue weighted by Gasteiger charge is 2.30. The molecule has 4 atom stereocenters. The van der Waals surface area contributed by atoms with Crippen LogP contribution in [-0.4, -0.2) is 82.6 Å². The SMILES string of the molecule is CSCCC(NC(=O)C(CO)NC(=O)C(N)C(C)C)C(=O)NC(CC(N)=O)C(=O)O. The number of carboxylic acid groups (broad SMARTS) is 1. The number of nitrogens with one attached hydrogen (secondary N) is 3. The van der Waals surface area contributed by atoms with E-state index in [4.69, 9.17) is 16.6 Å². The molecule has 172 valence electrons. The Labute approximate surface area is 178 Å². The third kappa shape index (κ3) is 9.89. The Morgan fingerprint density at radius 3 is 1.87 bits per heavy atom. The van der Waals surface area contributed by atoms with E-state index >= 15 is 0 Å². The van der Waals surface area contributed by atoms with E-state index in [1.54, 1.807) is 20.1 Å². The Kier molecular flexibility index (Phi) is 12.7. The highest BCUT2D eigenvalue weighted by molar-refractivity contribution is 7.98. The molecule has 0 rings (SSSR count). The van der Waals surface area contributed by atoms with Crippen LogP contribution in [0.5, 0.6) is 0 Å². The number of carboxylic acids is 1. The number of aliphatic hydroxyl groups is 1. The minimum Gasteiger partial charge on any atom is -0.480 e. The minimum atomic E-state index is -1.55. The Balaban J connectivity index is 5.25. The standard InChI is InChI=1S/C17H31N5O7S/c1-8(2)13(19)16(27)22-11(7-23)15(26)20-9(4-5-30-3)14(25)21-10(17(28)29)6-12(18)24/h8-11,13,23H,4-7,19H2,1-3H3,(H2,18,24)(H,20,26)(H,21,25)(H,22,27)(H,28,29). The lowest BCUT2D eigenvalue weighted by Crippen LogP contribution is -2.58. The number of nitrogens with two attached hydrogens (primary N) is 2. The molecule has 0 saturated carbocycles. The van der Waals surface area contributed by atoms with Crippen molar-refractivity contribution in [2.24, 2.45) is 17.4 Å². The second-order valence-corrected chi connectivity index (χ2v) is 7.91. The summed E-state index contributed by atoms with van der Waals surface area (Å²) >= 11 is 1.38. The molecular formula is C17H31N5O7S. The lowest BCUT2D eigenvalue weighted by atomic mass is 10.0. The van der Waals surface area contributed by atoms with Crippen molar-refractivity contribution >= 4 is 41.4 Å². The molecule has 0 aliphatic heterocycles. The van der Waals surface area contributed by atoms with Crippen molar-refractivity contribution in [2.75, 3.05) is 18.6 Å². The van der Waals surface area contributed by atoms with Gasteiger partial charge < -0.3 is 37.6 Å². The van der Waals surface area contributed by atoms with Gasteiger partial charge in [-0.05, 0) is 24.3 Å². The molecular weight excluding hydrogens is 418 g/mol. The summed E-state index contributed by atoms with van der Waals surface area (Å²) in [4.78, 5) is 59.2. The quantitative estimate of drug-likeness (QED) is 0.145. The molecule has 0 fully saturated rings. The van der Waals surface area contributed by atoms with Gasteiger partial charge in [-0.25, -0.2) is 4.79 Å². The zero-order valence-corrected chi connectivity index (χ0v) is 18.0. The first kappa shape index (κ1) is 27.6. The summed E-state index contributed by atoms with van der Waals surface area (Å²) in [5.41, 5.74) is 10.7. The van der Waals surface area contributed by atoms with Gasteiger partial charge in [0.05, 0.1) is 19.1 Å². The van der Waals surface area contributed by atoms with Gasteiger partial charge in [-0.1, -0.05) is 13.8 Å². The smallest absolute Gasteiger partial charge is 0.326 e. The van der Waals surface area contributed by atoms with Gasteiger partial charge in [-0.2, -0.15) is 11.8 Å². The largest absolute Gasteiger partial charge is 0.480 e. The molecule has 0 heterocycles. The van der Waals surface area contributed by atoms with Crippen molar-refractivity contribution in [1.82, 2.24) is 16.0 Å². The van der Waals surface area contributed by atoms with Gasteiger partial charge in [0, 0.05) is 0 Å². The molecule has 30 heavy (non-hydrogen) atoms. The van der Waals surface area contributed by atoms with Crippen LogP contribution in [0.4, 0.5) is 0 Å². The molecule has 0 bridgehead atoms. The number of thioether (sulfide) groups is 1. The molecule has 0 aliphatic carbocycles. The average Bonchev–Trinajstić information content (AvgIpc) is 2.66. The lowest BCUT2D eigenvalue weighted by Gasteiger charge is -2.24. The van der Waals surface area contributed by atoms with Crippen LogP contribution in [0.15, 0.2) is 0 Å². The van der Waals surface area contributed by atoms with E-state index in [0.717, 1.165) is 0 Å². The molecule has 4 amide bonds. The number of carbonyl (C=O) groups excluding carboxylic acids is 4. The van der Waals surface area contributed by atoms with E-state index in [1.807, 2.05) is 0 Å². The first-order valence-corrected chi connectivity index (χ1v) is 10.6. The van der Waals surface area contributed by atoms with Gasteiger partial charge >= 0.3 is 5.97 Å². The summed E-state index contributed by atoms with van der Waals surface area (Å²) in [7, 11) is 0. The average molecular weight is 450 g/mol. The number of hydrogen-bond donors (Lipinski definition) is 7. The predicted octanol–water partition coefficient (Wildman–Crippen LogP) is -2.87. The number of rotatable bonds is 14. The molecule has 9 N–H and O–H groups in total. The van der Waals surface area contributed by atoms with Crippen LogP contribution in [-0.2, 0) is 24.0 Å². The normalized spacial score (nSPS) is 14.9. The Bertz CT molecular complexity index is 632. The van der Waals surface area contributed by atoms with Crippen molar-refractivity contribution in [1.29, 1.82) is 0 Å². The topological polar surface area (TPSA) is 214 Å². The molecule has 0 aromatic carbocycles. The predicted molar refractivity (Wildman–Crippen MR) is 110 cm³/mol. The molecule has 0 aromatic rings. The van der Waals surface area contributed by atoms with E-state index in [0.29, 0.717) is 5.75 Å². The fraction of sp³-hybridized carbons (Fsp3) is 0.706. The Morgan fingerprint density at radius 1 is 0.933 bits per heavy atom. The number of hydrogen-bond acceptors (Lipinski definition) is 8. The third-order valence-electron chi connectivity index (χ3n) is 4.10.